The molecule has 7 heteroatoms. The summed E-state index contributed by atoms with van der Waals surface area (Å²) in [6.45, 7) is 4.20. The molecule has 0 spiro atoms. The summed E-state index contributed by atoms with van der Waals surface area (Å²) >= 11 is 0. The standard InChI is InChI=1S/C21H27N3O3S/c1-15-9-12-18(28(26,27)23(3)4)13-19(15)22-21(25)14-24-16(2)10-11-17-7-5-6-8-20(17)24/h5-9,12-13,16H,10-11,14H2,1-4H3,(H,22,25)/t16-/m0/s1. The first-order valence-electron chi connectivity index (χ1n) is 9.37. The van der Waals surface area contributed by atoms with Crippen molar-refractivity contribution < 1.29 is 13.2 Å². The number of nitrogens with one attached hydrogen (secondary N) is 1. The monoisotopic (exact) mass is 401 g/mol. The highest BCUT2D eigenvalue weighted by atomic mass is 32.2. The van der Waals surface area contributed by atoms with Crippen molar-refractivity contribution in [3.63, 3.8) is 0 Å². The molecule has 2 aromatic rings. The Bertz CT molecular complexity index is 986. The Morgan fingerprint density at radius 2 is 1.93 bits per heavy atom. The van der Waals surface area contributed by atoms with Crippen LogP contribution in [0.5, 0.6) is 0 Å². The van der Waals surface area contributed by atoms with E-state index in [1.54, 1.807) is 12.1 Å². The van der Waals surface area contributed by atoms with Crippen molar-refractivity contribution in [1.82, 2.24) is 4.31 Å². The van der Waals surface area contributed by atoms with Gasteiger partial charge in [-0.25, -0.2) is 12.7 Å². The third-order valence-corrected chi connectivity index (χ3v) is 7.05. The molecule has 1 atom stereocenters. The molecule has 0 bridgehead atoms. The average molecular weight is 402 g/mol. The fraction of sp³-hybridized carbons (Fsp3) is 0.381. The van der Waals surface area contributed by atoms with E-state index in [-0.39, 0.29) is 23.4 Å². The number of carbonyl (C=O) groups is 1. The second-order valence-electron chi connectivity index (χ2n) is 7.46. The first kappa shape index (κ1) is 20.4. The minimum absolute atomic E-state index is 0.161. The fourth-order valence-electron chi connectivity index (χ4n) is 3.45. The van der Waals surface area contributed by atoms with Crippen LogP contribution >= 0.6 is 0 Å². The van der Waals surface area contributed by atoms with E-state index in [0.717, 1.165) is 28.4 Å². The van der Waals surface area contributed by atoms with Crippen LogP contribution in [0, 0.1) is 6.92 Å². The van der Waals surface area contributed by atoms with Gasteiger partial charge in [0, 0.05) is 31.5 Å². The van der Waals surface area contributed by atoms with Gasteiger partial charge in [-0.15, -0.1) is 0 Å². The first-order chi connectivity index (χ1) is 13.2. The van der Waals surface area contributed by atoms with Gasteiger partial charge >= 0.3 is 0 Å². The summed E-state index contributed by atoms with van der Waals surface area (Å²) in [6.07, 6.45) is 2.01. The normalized spacial score (nSPS) is 16.8. The molecule has 6 nitrogen and oxygen atoms in total. The van der Waals surface area contributed by atoms with E-state index in [1.165, 1.54) is 25.7 Å². The van der Waals surface area contributed by atoms with Gasteiger partial charge in [0.25, 0.3) is 0 Å². The maximum absolute atomic E-state index is 12.8. The molecule has 150 valence electrons. The molecule has 0 saturated carbocycles. The summed E-state index contributed by atoms with van der Waals surface area (Å²) in [7, 11) is -0.579. The van der Waals surface area contributed by atoms with Crippen LogP contribution in [-0.2, 0) is 21.2 Å². The lowest BCUT2D eigenvalue weighted by molar-refractivity contribution is -0.115. The Labute approximate surface area is 167 Å². The predicted molar refractivity (Wildman–Crippen MR) is 112 cm³/mol. The SMILES string of the molecule is Cc1ccc(S(=O)(=O)N(C)C)cc1NC(=O)CN1c2ccccc2CC[C@@H]1C. The average Bonchev–Trinajstić information content (AvgIpc) is 2.65. The molecule has 0 radical (unpaired) electrons. The van der Waals surface area contributed by atoms with Crippen LogP contribution in [0.3, 0.4) is 0 Å². The highest BCUT2D eigenvalue weighted by Crippen LogP contribution is 2.30. The minimum Gasteiger partial charge on any atom is -0.359 e. The lowest BCUT2D eigenvalue weighted by Gasteiger charge is -2.36. The van der Waals surface area contributed by atoms with Crippen molar-refractivity contribution in [3.8, 4) is 0 Å². The van der Waals surface area contributed by atoms with Crippen LogP contribution in [0.1, 0.15) is 24.5 Å². The van der Waals surface area contributed by atoms with Gasteiger partial charge in [0.1, 0.15) is 0 Å². The topological polar surface area (TPSA) is 69.7 Å². The molecule has 0 aliphatic carbocycles. The molecule has 0 unspecified atom stereocenters. The number of fused-ring (bicyclic) bond motifs is 1. The third-order valence-electron chi connectivity index (χ3n) is 5.24. The zero-order valence-corrected chi connectivity index (χ0v) is 17.6. The van der Waals surface area contributed by atoms with E-state index in [1.807, 2.05) is 25.1 Å². The number of sulfonamides is 1. The lowest BCUT2D eigenvalue weighted by atomic mass is 9.96. The van der Waals surface area contributed by atoms with Crippen molar-refractivity contribution in [2.75, 3.05) is 30.9 Å². The number of nitrogens with zero attached hydrogens (tertiary/aromatic N) is 2. The smallest absolute Gasteiger partial charge is 0.243 e. The number of benzene rings is 2. The molecule has 28 heavy (non-hydrogen) atoms. The van der Waals surface area contributed by atoms with Crippen LogP contribution in [0.2, 0.25) is 0 Å². The zero-order valence-electron chi connectivity index (χ0n) is 16.8. The number of amides is 1. The van der Waals surface area contributed by atoms with Crippen molar-refractivity contribution >= 4 is 27.3 Å². The van der Waals surface area contributed by atoms with E-state index >= 15 is 0 Å². The molecule has 3 rings (SSSR count). The van der Waals surface area contributed by atoms with Crippen molar-refractivity contribution in [2.24, 2.45) is 0 Å². The van der Waals surface area contributed by atoms with Gasteiger partial charge in [-0.05, 0) is 56.0 Å². The number of hydrogen-bond donors (Lipinski definition) is 1. The summed E-state index contributed by atoms with van der Waals surface area (Å²) in [5, 5.41) is 2.90. The summed E-state index contributed by atoms with van der Waals surface area (Å²) in [5.41, 5.74) is 3.68. The number of aryl methyl sites for hydroxylation is 2. The van der Waals surface area contributed by atoms with Crippen LogP contribution in [0.25, 0.3) is 0 Å². The Morgan fingerprint density at radius 1 is 1.21 bits per heavy atom. The molecule has 0 fully saturated rings. The molecule has 1 N–H and O–H groups in total. The largest absolute Gasteiger partial charge is 0.359 e. The predicted octanol–water partition coefficient (Wildman–Crippen LogP) is 3.03. The molecule has 1 aliphatic heterocycles. The third kappa shape index (κ3) is 4.05. The molecule has 0 saturated heterocycles. The van der Waals surface area contributed by atoms with Gasteiger partial charge < -0.3 is 10.2 Å². The van der Waals surface area contributed by atoms with Crippen LogP contribution < -0.4 is 10.2 Å². The zero-order chi connectivity index (χ0) is 20.5. The number of hydrogen-bond acceptors (Lipinski definition) is 4. The lowest BCUT2D eigenvalue weighted by Crippen LogP contribution is -2.42. The highest BCUT2D eigenvalue weighted by Gasteiger charge is 2.25. The first-order valence-corrected chi connectivity index (χ1v) is 10.8. The second-order valence-corrected chi connectivity index (χ2v) is 9.61. The van der Waals surface area contributed by atoms with Crippen LogP contribution in [0.15, 0.2) is 47.4 Å². The molecule has 1 heterocycles. The maximum Gasteiger partial charge on any atom is 0.243 e. The molecule has 1 aliphatic rings. The molecular weight excluding hydrogens is 374 g/mol. The minimum atomic E-state index is -3.56. The highest BCUT2D eigenvalue weighted by molar-refractivity contribution is 7.89. The van der Waals surface area contributed by atoms with E-state index in [0.29, 0.717) is 5.69 Å². The van der Waals surface area contributed by atoms with Crippen molar-refractivity contribution in [2.45, 2.75) is 37.6 Å². The van der Waals surface area contributed by atoms with E-state index in [9.17, 15) is 13.2 Å². The quantitative estimate of drug-likeness (QED) is 0.836. The van der Waals surface area contributed by atoms with Gasteiger partial charge in [0.05, 0.1) is 11.4 Å². The van der Waals surface area contributed by atoms with Gasteiger partial charge in [0.15, 0.2) is 0 Å². The second kappa shape index (κ2) is 7.93. The van der Waals surface area contributed by atoms with Gasteiger partial charge in [-0.3, -0.25) is 4.79 Å². The number of para-hydroxylation sites is 1. The maximum atomic E-state index is 12.8. The Balaban J connectivity index is 1.81. The Morgan fingerprint density at radius 3 is 2.64 bits per heavy atom. The number of rotatable bonds is 5. The van der Waals surface area contributed by atoms with E-state index < -0.39 is 10.0 Å². The van der Waals surface area contributed by atoms with Crippen molar-refractivity contribution in [1.29, 1.82) is 0 Å². The number of carbonyl (C=O) groups excluding carboxylic acids is 1. The summed E-state index contributed by atoms with van der Waals surface area (Å²) < 4.78 is 25.9. The molecule has 0 aromatic heterocycles. The Hall–Kier alpha value is -2.38. The fourth-order valence-corrected chi connectivity index (χ4v) is 4.38. The van der Waals surface area contributed by atoms with Gasteiger partial charge in [-0.1, -0.05) is 24.3 Å². The van der Waals surface area contributed by atoms with Crippen molar-refractivity contribution in [3.05, 3.63) is 53.6 Å². The van der Waals surface area contributed by atoms with Crippen LogP contribution in [-0.4, -0.2) is 45.3 Å². The molecule has 1 amide bonds. The Kier molecular flexibility index (Phi) is 5.76. The summed E-state index contributed by atoms with van der Waals surface area (Å²) in [4.78, 5) is 15.0. The van der Waals surface area contributed by atoms with Crippen LogP contribution in [0.4, 0.5) is 11.4 Å². The number of anilines is 2. The van der Waals surface area contributed by atoms with Gasteiger partial charge in [0.2, 0.25) is 15.9 Å². The molecular formula is C21H27N3O3S. The summed E-state index contributed by atoms with van der Waals surface area (Å²) in [5.74, 6) is -0.161. The molecule has 2 aromatic carbocycles. The van der Waals surface area contributed by atoms with E-state index in [4.69, 9.17) is 0 Å². The summed E-state index contributed by atoms with van der Waals surface area (Å²) in [6, 6.07) is 13.2. The van der Waals surface area contributed by atoms with E-state index in [2.05, 4.69) is 23.2 Å². The van der Waals surface area contributed by atoms with Gasteiger partial charge in [-0.2, -0.15) is 0 Å².